The molecule has 3 heteroatoms. The van der Waals surface area contributed by atoms with E-state index in [0.717, 1.165) is 31.2 Å². The van der Waals surface area contributed by atoms with Crippen molar-refractivity contribution in [3.05, 3.63) is 70.2 Å². The molecular weight excluding hydrogens is 280 g/mol. The van der Waals surface area contributed by atoms with Crippen LogP contribution in [0.5, 0.6) is 0 Å². The number of hydrogen-bond donors (Lipinski definition) is 1. The molecule has 0 bridgehead atoms. The van der Waals surface area contributed by atoms with Crippen LogP contribution in [0.25, 0.3) is 0 Å². The van der Waals surface area contributed by atoms with Crippen molar-refractivity contribution in [1.82, 2.24) is 10.2 Å². The average Bonchev–Trinajstić information content (AvgIpc) is 2.52. The van der Waals surface area contributed by atoms with Crippen LogP contribution < -0.4 is 5.32 Å². The van der Waals surface area contributed by atoms with E-state index in [1.807, 2.05) is 12.1 Å². The first-order chi connectivity index (χ1) is 10.3. The summed E-state index contributed by atoms with van der Waals surface area (Å²) in [6, 6.07) is 17.3. The van der Waals surface area contributed by atoms with Gasteiger partial charge < -0.3 is 5.32 Å². The third-order valence-corrected chi connectivity index (χ3v) is 4.44. The van der Waals surface area contributed by atoms with E-state index in [0.29, 0.717) is 6.04 Å². The lowest BCUT2D eigenvalue weighted by atomic mass is 9.93. The fraction of sp³-hybridized carbons (Fsp3) is 0.333. The fourth-order valence-corrected chi connectivity index (χ4v) is 3.19. The first-order valence-corrected chi connectivity index (χ1v) is 7.89. The van der Waals surface area contributed by atoms with Crippen LogP contribution in [0.3, 0.4) is 0 Å². The van der Waals surface area contributed by atoms with E-state index in [1.165, 1.54) is 16.7 Å². The van der Waals surface area contributed by atoms with Crippen molar-refractivity contribution in [2.45, 2.75) is 13.0 Å². The minimum absolute atomic E-state index is 0.311. The number of aryl methyl sites for hydroxylation is 1. The smallest absolute Gasteiger partial charge is 0.0605 e. The van der Waals surface area contributed by atoms with Crippen LogP contribution in [0, 0.1) is 6.92 Å². The minimum atomic E-state index is 0.311. The predicted octanol–water partition coefficient (Wildman–Crippen LogP) is 3.64. The number of nitrogens with one attached hydrogen (secondary N) is 1. The minimum Gasteiger partial charge on any atom is -0.314 e. The van der Waals surface area contributed by atoms with Gasteiger partial charge in [-0.25, -0.2) is 0 Å². The lowest BCUT2D eigenvalue weighted by Crippen LogP contribution is -2.45. The topological polar surface area (TPSA) is 15.3 Å². The van der Waals surface area contributed by atoms with Crippen LogP contribution in [-0.4, -0.2) is 31.1 Å². The van der Waals surface area contributed by atoms with Gasteiger partial charge in [-0.1, -0.05) is 48.0 Å². The van der Waals surface area contributed by atoms with E-state index in [9.17, 15) is 0 Å². The molecule has 2 aromatic carbocycles. The molecule has 0 spiro atoms. The van der Waals surface area contributed by atoms with Gasteiger partial charge in [0.25, 0.3) is 0 Å². The number of halogens is 1. The maximum absolute atomic E-state index is 6.06. The van der Waals surface area contributed by atoms with Gasteiger partial charge in [0.15, 0.2) is 0 Å². The monoisotopic (exact) mass is 300 g/mol. The van der Waals surface area contributed by atoms with E-state index >= 15 is 0 Å². The van der Waals surface area contributed by atoms with Crippen molar-refractivity contribution in [3.8, 4) is 0 Å². The van der Waals surface area contributed by atoms with Gasteiger partial charge in [-0.15, -0.1) is 0 Å². The Balaban J connectivity index is 2.01. The summed E-state index contributed by atoms with van der Waals surface area (Å²) in [6.07, 6.45) is 0. The molecule has 110 valence electrons. The highest BCUT2D eigenvalue weighted by molar-refractivity contribution is 6.30. The van der Waals surface area contributed by atoms with E-state index in [1.54, 1.807) is 0 Å². The van der Waals surface area contributed by atoms with Crippen molar-refractivity contribution in [2.75, 3.05) is 26.2 Å². The van der Waals surface area contributed by atoms with Gasteiger partial charge in [0.2, 0.25) is 0 Å². The Morgan fingerprint density at radius 2 is 1.67 bits per heavy atom. The SMILES string of the molecule is Cc1ccccc1C(c1ccc(Cl)cc1)N1CCNCC1. The zero-order chi connectivity index (χ0) is 14.7. The summed E-state index contributed by atoms with van der Waals surface area (Å²) in [5.41, 5.74) is 4.05. The highest BCUT2D eigenvalue weighted by atomic mass is 35.5. The van der Waals surface area contributed by atoms with Crippen molar-refractivity contribution in [1.29, 1.82) is 0 Å². The Hall–Kier alpha value is -1.35. The highest BCUT2D eigenvalue weighted by Crippen LogP contribution is 2.31. The van der Waals surface area contributed by atoms with E-state index in [2.05, 4.69) is 53.5 Å². The molecule has 1 N–H and O–H groups in total. The normalized spacial score (nSPS) is 17.6. The fourth-order valence-electron chi connectivity index (χ4n) is 3.07. The summed E-state index contributed by atoms with van der Waals surface area (Å²) >= 11 is 6.06. The molecule has 21 heavy (non-hydrogen) atoms. The second-order valence-corrected chi connectivity index (χ2v) is 6.03. The standard InChI is InChI=1S/C18H21ClN2/c1-14-4-2-3-5-17(14)18(21-12-10-20-11-13-21)15-6-8-16(19)9-7-15/h2-9,18,20H,10-13H2,1H3. The average molecular weight is 301 g/mol. The Labute approximate surface area is 131 Å². The van der Waals surface area contributed by atoms with Gasteiger partial charge in [-0.05, 0) is 35.7 Å². The lowest BCUT2D eigenvalue weighted by Gasteiger charge is -2.36. The molecule has 1 fully saturated rings. The van der Waals surface area contributed by atoms with E-state index in [-0.39, 0.29) is 0 Å². The molecule has 1 aliphatic rings. The summed E-state index contributed by atoms with van der Waals surface area (Å²) in [5.74, 6) is 0. The zero-order valence-electron chi connectivity index (χ0n) is 12.3. The molecule has 2 aromatic rings. The molecule has 1 saturated heterocycles. The number of rotatable bonds is 3. The van der Waals surface area contributed by atoms with E-state index < -0.39 is 0 Å². The highest BCUT2D eigenvalue weighted by Gasteiger charge is 2.24. The number of benzene rings is 2. The van der Waals surface area contributed by atoms with Crippen LogP contribution >= 0.6 is 11.6 Å². The quantitative estimate of drug-likeness (QED) is 0.931. The van der Waals surface area contributed by atoms with E-state index in [4.69, 9.17) is 11.6 Å². The molecule has 0 aromatic heterocycles. The third kappa shape index (κ3) is 3.29. The molecule has 2 nitrogen and oxygen atoms in total. The Morgan fingerprint density at radius 1 is 1.00 bits per heavy atom. The summed E-state index contributed by atoms with van der Waals surface area (Å²) in [6.45, 7) is 6.44. The Morgan fingerprint density at radius 3 is 2.33 bits per heavy atom. The molecule has 1 heterocycles. The number of hydrogen-bond acceptors (Lipinski definition) is 2. The molecule has 0 radical (unpaired) electrons. The number of piperazine rings is 1. The van der Waals surface area contributed by atoms with Crippen LogP contribution in [0.4, 0.5) is 0 Å². The van der Waals surface area contributed by atoms with Gasteiger partial charge in [-0.3, -0.25) is 4.90 Å². The number of nitrogens with zero attached hydrogens (tertiary/aromatic N) is 1. The van der Waals surface area contributed by atoms with Gasteiger partial charge in [0.05, 0.1) is 6.04 Å². The summed E-state index contributed by atoms with van der Waals surface area (Å²) in [7, 11) is 0. The maximum Gasteiger partial charge on any atom is 0.0605 e. The van der Waals surface area contributed by atoms with Crippen molar-refractivity contribution in [2.24, 2.45) is 0 Å². The molecule has 0 saturated carbocycles. The van der Waals surface area contributed by atoms with Crippen molar-refractivity contribution < 1.29 is 0 Å². The zero-order valence-corrected chi connectivity index (χ0v) is 13.1. The molecule has 1 atom stereocenters. The summed E-state index contributed by atoms with van der Waals surface area (Å²) < 4.78 is 0. The molecule has 3 rings (SSSR count). The van der Waals surface area contributed by atoms with Crippen LogP contribution in [0.1, 0.15) is 22.7 Å². The largest absolute Gasteiger partial charge is 0.314 e. The van der Waals surface area contributed by atoms with Crippen LogP contribution in [0.15, 0.2) is 48.5 Å². The van der Waals surface area contributed by atoms with Gasteiger partial charge in [-0.2, -0.15) is 0 Å². The Kier molecular flexibility index (Phi) is 4.59. The van der Waals surface area contributed by atoms with Crippen molar-refractivity contribution >= 4 is 11.6 Å². The maximum atomic E-state index is 6.06. The van der Waals surface area contributed by atoms with Crippen LogP contribution in [0.2, 0.25) is 5.02 Å². The van der Waals surface area contributed by atoms with Crippen LogP contribution in [-0.2, 0) is 0 Å². The summed E-state index contributed by atoms with van der Waals surface area (Å²) in [4.78, 5) is 2.56. The third-order valence-electron chi connectivity index (χ3n) is 4.19. The first kappa shape index (κ1) is 14.6. The second-order valence-electron chi connectivity index (χ2n) is 5.60. The Bertz CT molecular complexity index is 588. The molecule has 0 amide bonds. The van der Waals surface area contributed by atoms with Crippen molar-refractivity contribution in [3.63, 3.8) is 0 Å². The van der Waals surface area contributed by atoms with Gasteiger partial charge in [0.1, 0.15) is 0 Å². The first-order valence-electron chi connectivity index (χ1n) is 7.51. The molecule has 1 aliphatic heterocycles. The van der Waals surface area contributed by atoms with Gasteiger partial charge in [0, 0.05) is 31.2 Å². The summed E-state index contributed by atoms with van der Waals surface area (Å²) in [5, 5.41) is 4.23. The molecule has 1 unspecified atom stereocenters. The second kappa shape index (κ2) is 6.61. The molecular formula is C18H21ClN2. The predicted molar refractivity (Wildman–Crippen MR) is 88.9 cm³/mol. The molecule has 0 aliphatic carbocycles. The lowest BCUT2D eigenvalue weighted by molar-refractivity contribution is 0.198. The van der Waals surface area contributed by atoms with Gasteiger partial charge >= 0.3 is 0 Å².